The SMILES string of the molecule is CCNC(=NCc1ccn(C)c1)NCc1ccccc1.I. The quantitative estimate of drug-likeness (QED) is 0.462. The Kier molecular flexibility index (Phi) is 7.89. The lowest BCUT2D eigenvalue weighted by Gasteiger charge is -2.11. The van der Waals surface area contributed by atoms with E-state index in [1.54, 1.807) is 0 Å². The third-order valence-corrected chi connectivity index (χ3v) is 2.96. The Balaban J connectivity index is 0.00000220. The first-order valence-electron chi connectivity index (χ1n) is 6.95. The molecule has 114 valence electrons. The van der Waals surface area contributed by atoms with Crippen molar-refractivity contribution in [1.29, 1.82) is 0 Å². The lowest BCUT2D eigenvalue weighted by Crippen LogP contribution is -2.36. The topological polar surface area (TPSA) is 41.4 Å². The molecule has 0 aliphatic rings. The summed E-state index contributed by atoms with van der Waals surface area (Å²) in [6.45, 7) is 4.39. The van der Waals surface area contributed by atoms with Crippen LogP contribution in [0.4, 0.5) is 0 Å². The van der Waals surface area contributed by atoms with Gasteiger partial charge in [0.1, 0.15) is 0 Å². The first kappa shape index (κ1) is 17.6. The Morgan fingerprint density at radius 3 is 2.48 bits per heavy atom. The maximum atomic E-state index is 4.59. The fourth-order valence-electron chi connectivity index (χ4n) is 1.95. The van der Waals surface area contributed by atoms with E-state index in [-0.39, 0.29) is 24.0 Å². The second-order valence-electron chi connectivity index (χ2n) is 4.72. The summed E-state index contributed by atoms with van der Waals surface area (Å²) in [6, 6.07) is 12.4. The van der Waals surface area contributed by atoms with Gasteiger partial charge in [0.15, 0.2) is 5.96 Å². The Bertz CT molecular complexity index is 548. The predicted octanol–water partition coefficient (Wildman–Crippen LogP) is 2.90. The smallest absolute Gasteiger partial charge is 0.191 e. The van der Waals surface area contributed by atoms with Crippen LogP contribution >= 0.6 is 24.0 Å². The molecule has 1 heterocycles. The Labute approximate surface area is 143 Å². The molecule has 0 atom stereocenters. The van der Waals surface area contributed by atoms with Crippen molar-refractivity contribution in [2.45, 2.75) is 20.0 Å². The van der Waals surface area contributed by atoms with Gasteiger partial charge in [-0.3, -0.25) is 0 Å². The van der Waals surface area contributed by atoms with Crippen LogP contribution in [0.3, 0.4) is 0 Å². The number of aryl methyl sites for hydroxylation is 1. The van der Waals surface area contributed by atoms with Crippen molar-refractivity contribution in [1.82, 2.24) is 15.2 Å². The largest absolute Gasteiger partial charge is 0.357 e. The van der Waals surface area contributed by atoms with E-state index in [0.29, 0.717) is 6.54 Å². The monoisotopic (exact) mass is 398 g/mol. The van der Waals surface area contributed by atoms with Crippen LogP contribution in [0.15, 0.2) is 53.8 Å². The molecule has 0 amide bonds. The molecule has 0 spiro atoms. The summed E-state index contributed by atoms with van der Waals surface area (Å²) in [6.07, 6.45) is 4.12. The first-order chi connectivity index (χ1) is 9.78. The summed E-state index contributed by atoms with van der Waals surface area (Å²) in [7, 11) is 2.02. The molecule has 0 bridgehead atoms. The minimum Gasteiger partial charge on any atom is -0.357 e. The van der Waals surface area contributed by atoms with Gasteiger partial charge in [-0.1, -0.05) is 30.3 Å². The molecular formula is C16H23IN4. The van der Waals surface area contributed by atoms with Crippen molar-refractivity contribution >= 4 is 29.9 Å². The molecule has 2 N–H and O–H groups in total. The van der Waals surface area contributed by atoms with E-state index in [4.69, 9.17) is 0 Å². The number of benzene rings is 1. The van der Waals surface area contributed by atoms with Gasteiger partial charge in [-0.05, 0) is 24.1 Å². The minimum absolute atomic E-state index is 0. The molecule has 0 aliphatic heterocycles. The second-order valence-corrected chi connectivity index (χ2v) is 4.72. The molecule has 21 heavy (non-hydrogen) atoms. The number of nitrogens with zero attached hydrogens (tertiary/aromatic N) is 2. The zero-order valence-corrected chi connectivity index (χ0v) is 14.9. The van der Waals surface area contributed by atoms with E-state index in [2.05, 4.69) is 46.9 Å². The molecule has 5 heteroatoms. The molecular weight excluding hydrogens is 375 g/mol. The number of guanidine groups is 1. The van der Waals surface area contributed by atoms with Crippen LogP contribution in [0.5, 0.6) is 0 Å². The molecule has 0 saturated heterocycles. The Morgan fingerprint density at radius 2 is 1.86 bits per heavy atom. The van der Waals surface area contributed by atoms with Gasteiger partial charge in [0, 0.05) is 32.5 Å². The number of rotatable bonds is 5. The summed E-state index contributed by atoms with van der Waals surface area (Å²) in [5.74, 6) is 0.847. The summed E-state index contributed by atoms with van der Waals surface area (Å²) < 4.78 is 2.04. The maximum absolute atomic E-state index is 4.59. The van der Waals surface area contributed by atoms with E-state index in [0.717, 1.165) is 19.0 Å². The second kappa shape index (κ2) is 9.44. The van der Waals surface area contributed by atoms with Gasteiger partial charge in [0.25, 0.3) is 0 Å². The number of halogens is 1. The number of nitrogens with one attached hydrogen (secondary N) is 2. The highest BCUT2D eigenvalue weighted by molar-refractivity contribution is 14.0. The van der Waals surface area contributed by atoms with Crippen LogP contribution in [0.1, 0.15) is 18.1 Å². The van der Waals surface area contributed by atoms with E-state index >= 15 is 0 Å². The van der Waals surface area contributed by atoms with Crippen molar-refractivity contribution < 1.29 is 0 Å². The fraction of sp³-hybridized carbons (Fsp3) is 0.312. The van der Waals surface area contributed by atoms with Gasteiger partial charge in [0.2, 0.25) is 0 Å². The zero-order valence-electron chi connectivity index (χ0n) is 12.5. The van der Waals surface area contributed by atoms with Crippen LogP contribution < -0.4 is 10.6 Å². The lowest BCUT2D eigenvalue weighted by atomic mass is 10.2. The molecule has 1 aromatic heterocycles. The highest BCUT2D eigenvalue weighted by Gasteiger charge is 1.99. The van der Waals surface area contributed by atoms with Crippen molar-refractivity contribution in [2.24, 2.45) is 12.0 Å². The van der Waals surface area contributed by atoms with Crippen LogP contribution in [0.2, 0.25) is 0 Å². The number of aromatic nitrogens is 1. The van der Waals surface area contributed by atoms with Gasteiger partial charge in [0.05, 0.1) is 6.54 Å². The molecule has 2 aromatic rings. The third-order valence-electron chi connectivity index (χ3n) is 2.96. The molecule has 0 saturated carbocycles. The number of hydrogen-bond donors (Lipinski definition) is 2. The van der Waals surface area contributed by atoms with Gasteiger partial charge < -0.3 is 15.2 Å². The Hall–Kier alpha value is -1.50. The highest BCUT2D eigenvalue weighted by atomic mass is 127. The average molecular weight is 398 g/mol. The maximum Gasteiger partial charge on any atom is 0.191 e. The van der Waals surface area contributed by atoms with Crippen LogP contribution in [-0.4, -0.2) is 17.1 Å². The van der Waals surface area contributed by atoms with E-state index in [1.165, 1.54) is 11.1 Å². The van der Waals surface area contributed by atoms with Gasteiger partial charge in [-0.15, -0.1) is 24.0 Å². The zero-order chi connectivity index (χ0) is 14.2. The van der Waals surface area contributed by atoms with E-state index in [9.17, 15) is 0 Å². The normalized spacial score (nSPS) is 10.9. The van der Waals surface area contributed by atoms with Gasteiger partial charge >= 0.3 is 0 Å². The number of hydrogen-bond acceptors (Lipinski definition) is 1. The molecule has 0 aliphatic carbocycles. The molecule has 0 fully saturated rings. The summed E-state index contributed by atoms with van der Waals surface area (Å²) in [5.41, 5.74) is 2.46. The minimum atomic E-state index is 0. The first-order valence-corrected chi connectivity index (χ1v) is 6.95. The predicted molar refractivity (Wildman–Crippen MR) is 98.9 cm³/mol. The van der Waals surface area contributed by atoms with Crippen LogP contribution in [0.25, 0.3) is 0 Å². The van der Waals surface area contributed by atoms with Crippen molar-refractivity contribution in [3.05, 3.63) is 59.9 Å². The molecule has 1 aromatic carbocycles. The Morgan fingerprint density at radius 1 is 1.10 bits per heavy atom. The average Bonchev–Trinajstić information content (AvgIpc) is 2.89. The van der Waals surface area contributed by atoms with E-state index < -0.39 is 0 Å². The summed E-state index contributed by atoms with van der Waals surface area (Å²) in [5, 5.41) is 6.61. The standard InChI is InChI=1S/C16H22N4.HI/c1-3-17-16(18-11-14-7-5-4-6-8-14)19-12-15-9-10-20(2)13-15;/h4-10,13H,3,11-12H2,1-2H3,(H2,17,18,19);1H. The van der Waals surface area contributed by atoms with Crippen LogP contribution in [-0.2, 0) is 20.1 Å². The third kappa shape index (κ3) is 6.20. The fourth-order valence-corrected chi connectivity index (χ4v) is 1.95. The summed E-state index contributed by atoms with van der Waals surface area (Å²) >= 11 is 0. The summed E-state index contributed by atoms with van der Waals surface area (Å²) in [4.78, 5) is 4.59. The van der Waals surface area contributed by atoms with E-state index in [1.807, 2.05) is 36.0 Å². The van der Waals surface area contributed by atoms with Crippen molar-refractivity contribution in [2.75, 3.05) is 6.54 Å². The molecule has 0 unspecified atom stereocenters. The van der Waals surface area contributed by atoms with Gasteiger partial charge in [-0.25, -0.2) is 4.99 Å². The molecule has 2 rings (SSSR count). The molecule has 4 nitrogen and oxygen atoms in total. The van der Waals surface area contributed by atoms with Gasteiger partial charge in [-0.2, -0.15) is 0 Å². The van der Waals surface area contributed by atoms with Crippen LogP contribution in [0, 0.1) is 0 Å². The lowest BCUT2D eigenvalue weighted by molar-refractivity contribution is 0.815. The van der Waals surface area contributed by atoms with Crippen molar-refractivity contribution in [3.63, 3.8) is 0 Å². The van der Waals surface area contributed by atoms with Crippen molar-refractivity contribution in [3.8, 4) is 0 Å². The molecule has 0 radical (unpaired) electrons. The highest BCUT2D eigenvalue weighted by Crippen LogP contribution is 2.01. The number of aliphatic imine (C=N–C) groups is 1.